The molecule has 1 aromatic carbocycles. The third kappa shape index (κ3) is 2.41. The molecular weight excluding hydrogens is 419 g/mol. The van der Waals surface area contributed by atoms with Gasteiger partial charge in [0.15, 0.2) is 18.3 Å². The number of ether oxygens (including phenoxy) is 2. The molecule has 170 valence electrons. The summed E-state index contributed by atoms with van der Waals surface area (Å²) < 4.78 is 27.7. The van der Waals surface area contributed by atoms with E-state index in [9.17, 15) is 9.59 Å². The molecule has 10 heteroatoms. The highest BCUT2D eigenvalue weighted by molar-refractivity contribution is 5.93. The van der Waals surface area contributed by atoms with Crippen LogP contribution in [-0.2, 0) is 0 Å². The van der Waals surface area contributed by atoms with E-state index in [1.807, 2.05) is 4.90 Å². The highest BCUT2D eigenvalue weighted by Gasteiger charge is 2.64. The third-order valence-corrected chi connectivity index (χ3v) is 8.24. The number of pyridine rings is 1. The summed E-state index contributed by atoms with van der Waals surface area (Å²) in [5.74, 6) is 0.0196. The molecule has 0 amide bonds. The van der Waals surface area contributed by atoms with Crippen LogP contribution in [-0.4, -0.2) is 48.3 Å². The maximum atomic E-state index is 15.6. The fourth-order valence-electron chi connectivity index (χ4n) is 6.82. The number of benzene rings is 1. The van der Waals surface area contributed by atoms with Crippen molar-refractivity contribution < 1.29 is 23.8 Å². The molecule has 4 aliphatic rings. The van der Waals surface area contributed by atoms with Gasteiger partial charge in [-0.05, 0) is 42.6 Å². The molecule has 4 atom stereocenters. The van der Waals surface area contributed by atoms with Crippen LogP contribution >= 0.6 is 0 Å². The van der Waals surface area contributed by atoms with Crippen molar-refractivity contribution in [3.8, 4) is 11.5 Å². The van der Waals surface area contributed by atoms with Crippen LogP contribution in [0.4, 0.5) is 14.9 Å². The Morgan fingerprint density at radius 2 is 2.09 bits per heavy atom. The Morgan fingerprint density at radius 3 is 2.81 bits per heavy atom. The Kier molecular flexibility index (Phi) is 3.72. The number of carboxylic acid groups (broad SMARTS) is 1. The van der Waals surface area contributed by atoms with Gasteiger partial charge in [0.2, 0.25) is 11.2 Å². The second-order valence-corrected chi connectivity index (χ2v) is 10.1. The van der Waals surface area contributed by atoms with Crippen LogP contribution in [0.5, 0.6) is 11.5 Å². The van der Waals surface area contributed by atoms with Gasteiger partial charge in [0.1, 0.15) is 11.2 Å². The predicted molar refractivity (Wildman–Crippen MR) is 115 cm³/mol. The molecular formula is C22H25FN4O5. The largest absolute Gasteiger partial charge is 0.511 e. The molecule has 0 radical (unpaired) electrons. The van der Waals surface area contributed by atoms with Gasteiger partial charge in [0.05, 0.1) is 11.6 Å². The second-order valence-electron chi connectivity index (χ2n) is 10.1. The quantitative estimate of drug-likeness (QED) is 0.678. The summed E-state index contributed by atoms with van der Waals surface area (Å²) in [5.41, 5.74) is 6.78. The number of nitrogens with zero attached hydrogens (tertiary/aromatic N) is 3. The second kappa shape index (κ2) is 6.06. The fraction of sp³-hybridized carbons (Fsp3) is 0.545. The molecule has 9 nitrogen and oxygen atoms in total. The number of hydrogen-bond acceptors (Lipinski definition) is 7. The summed E-state index contributed by atoms with van der Waals surface area (Å²) >= 11 is 0. The molecule has 6 rings (SSSR count). The van der Waals surface area contributed by atoms with Crippen molar-refractivity contribution in [2.75, 3.05) is 36.8 Å². The number of carbonyl (C=O) groups is 1. The van der Waals surface area contributed by atoms with Gasteiger partial charge in [-0.2, -0.15) is 0 Å². The first kappa shape index (κ1) is 19.7. The van der Waals surface area contributed by atoms with Gasteiger partial charge in [0.25, 0.3) is 0 Å². The van der Waals surface area contributed by atoms with E-state index in [1.54, 1.807) is 16.7 Å². The van der Waals surface area contributed by atoms with Gasteiger partial charge < -0.3 is 25.2 Å². The highest BCUT2D eigenvalue weighted by atomic mass is 19.1. The zero-order chi connectivity index (χ0) is 22.6. The Balaban J connectivity index is 1.51. The zero-order valence-corrected chi connectivity index (χ0v) is 17.9. The first-order valence-electron chi connectivity index (χ1n) is 10.8. The van der Waals surface area contributed by atoms with Crippen molar-refractivity contribution >= 4 is 22.7 Å². The predicted octanol–water partition coefficient (Wildman–Crippen LogP) is 2.07. The molecule has 2 bridgehead atoms. The van der Waals surface area contributed by atoms with Gasteiger partial charge in [0, 0.05) is 25.7 Å². The lowest BCUT2D eigenvalue weighted by molar-refractivity contribution is 0.143. The molecule has 1 saturated heterocycles. The number of halogens is 1. The first-order chi connectivity index (χ1) is 15.1. The lowest BCUT2D eigenvalue weighted by Crippen LogP contribution is -2.45. The number of rotatable bonds is 2. The van der Waals surface area contributed by atoms with Crippen molar-refractivity contribution in [3.63, 3.8) is 0 Å². The van der Waals surface area contributed by atoms with Crippen LogP contribution in [0, 0.1) is 23.1 Å². The van der Waals surface area contributed by atoms with E-state index in [-0.39, 0.29) is 28.8 Å². The van der Waals surface area contributed by atoms with Crippen molar-refractivity contribution in [3.05, 3.63) is 28.3 Å². The van der Waals surface area contributed by atoms with E-state index >= 15 is 4.39 Å². The number of anilines is 1. The topological polar surface area (TPSA) is 110 Å². The van der Waals surface area contributed by atoms with Crippen LogP contribution in [0.15, 0.2) is 17.1 Å². The molecule has 3 fully saturated rings. The molecule has 2 aliphatic heterocycles. The standard InChI is InChI=1S/C22H25FN4O5/c1-21-3-4-22(24,9-21)13-7-26(6-12(13)21)17-14(23)5-11-16-19(17)31-10-25(2)27(16)8-15(18(11)28)32-20(29)30/h5,8,12-13H,3-4,6-7,9-10,24H2,1-2H3,(H,29,30). The van der Waals surface area contributed by atoms with Crippen LogP contribution < -0.4 is 30.5 Å². The van der Waals surface area contributed by atoms with E-state index in [0.717, 1.165) is 25.3 Å². The smallest absolute Gasteiger partial charge is 0.467 e. The number of nitrogens with two attached hydrogens (primary N) is 1. The van der Waals surface area contributed by atoms with E-state index in [1.165, 1.54) is 6.20 Å². The lowest BCUT2D eigenvalue weighted by atomic mass is 9.72. The summed E-state index contributed by atoms with van der Waals surface area (Å²) in [7, 11) is 1.72. The maximum Gasteiger partial charge on any atom is 0.511 e. The number of aromatic nitrogens is 1. The third-order valence-electron chi connectivity index (χ3n) is 8.24. The average Bonchev–Trinajstić information content (AvgIpc) is 3.35. The van der Waals surface area contributed by atoms with E-state index in [0.29, 0.717) is 41.9 Å². The Hall–Kier alpha value is -3.01. The van der Waals surface area contributed by atoms with Crippen LogP contribution in [0.3, 0.4) is 0 Å². The molecule has 2 aromatic rings. The summed E-state index contributed by atoms with van der Waals surface area (Å²) in [6, 6.07) is 1.16. The lowest BCUT2D eigenvalue weighted by Gasteiger charge is -2.34. The highest BCUT2D eigenvalue weighted by Crippen LogP contribution is 2.64. The maximum absolute atomic E-state index is 15.6. The number of hydrogen-bond donors (Lipinski definition) is 2. The van der Waals surface area contributed by atoms with Crippen LogP contribution in [0.2, 0.25) is 0 Å². The molecule has 0 spiro atoms. The van der Waals surface area contributed by atoms with Crippen molar-refractivity contribution in [1.82, 2.24) is 4.68 Å². The Labute approximate surface area is 183 Å². The van der Waals surface area contributed by atoms with Crippen LogP contribution in [0.1, 0.15) is 26.2 Å². The van der Waals surface area contributed by atoms with Gasteiger partial charge in [-0.15, -0.1) is 0 Å². The Morgan fingerprint density at radius 1 is 1.34 bits per heavy atom. The molecule has 4 unspecified atom stereocenters. The van der Waals surface area contributed by atoms with Gasteiger partial charge in [-0.25, -0.2) is 9.18 Å². The van der Waals surface area contributed by atoms with E-state index < -0.39 is 17.4 Å². The molecule has 2 saturated carbocycles. The minimum atomic E-state index is -1.61. The fourth-order valence-corrected chi connectivity index (χ4v) is 6.82. The van der Waals surface area contributed by atoms with Crippen molar-refractivity contribution in [1.29, 1.82) is 0 Å². The molecule has 32 heavy (non-hydrogen) atoms. The molecule has 3 N–H and O–H groups in total. The van der Waals surface area contributed by atoms with Crippen molar-refractivity contribution in [2.45, 2.75) is 31.7 Å². The normalized spacial score (nSPS) is 32.4. The summed E-state index contributed by atoms with van der Waals surface area (Å²) in [4.78, 5) is 25.9. The Bertz CT molecular complexity index is 1220. The first-order valence-corrected chi connectivity index (χ1v) is 10.8. The van der Waals surface area contributed by atoms with Gasteiger partial charge in [-0.3, -0.25) is 14.5 Å². The monoisotopic (exact) mass is 444 g/mol. The van der Waals surface area contributed by atoms with E-state index in [2.05, 4.69) is 11.7 Å². The zero-order valence-electron chi connectivity index (χ0n) is 17.9. The van der Waals surface area contributed by atoms with Crippen LogP contribution in [0.25, 0.3) is 10.9 Å². The van der Waals surface area contributed by atoms with Gasteiger partial charge >= 0.3 is 6.16 Å². The number of fused-ring (bicyclic) bond motifs is 5. The van der Waals surface area contributed by atoms with E-state index in [4.69, 9.17) is 15.6 Å². The molecule has 1 aromatic heterocycles. The summed E-state index contributed by atoms with van der Waals surface area (Å²) in [6.07, 6.45) is 2.81. The summed E-state index contributed by atoms with van der Waals surface area (Å²) in [6.45, 7) is 3.74. The minimum Gasteiger partial charge on any atom is -0.467 e. The molecule has 3 heterocycles. The SMILES string of the molecule is CN1COc2c(N3CC4C(C3)C3(N)CCC4(C)C3)c(F)cc3c(=O)c(OC(=O)O)cn1c23. The summed E-state index contributed by atoms with van der Waals surface area (Å²) in [5, 5.41) is 10.6. The average molecular weight is 444 g/mol. The molecule has 2 aliphatic carbocycles. The minimum absolute atomic E-state index is 0.00766. The van der Waals surface area contributed by atoms with Crippen molar-refractivity contribution in [2.24, 2.45) is 23.0 Å². The van der Waals surface area contributed by atoms with Gasteiger partial charge in [-0.1, -0.05) is 6.92 Å².